The van der Waals surface area contributed by atoms with Crippen LogP contribution in [0.2, 0.25) is 0 Å². The first-order valence-corrected chi connectivity index (χ1v) is 5.07. The zero-order chi connectivity index (χ0) is 10.8. The van der Waals surface area contributed by atoms with Gasteiger partial charge in [-0.15, -0.1) is 4.94 Å². The molecule has 0 aromatic heterocycles. The lowest BCUT2D eigenvalue weighted by atomic mass is 10.3. The predicted octanol–water partition coefficient (Wildman–Crippen LogP) is 2.10. The van der Waals surface area contributed by atoms with Gasteiger partial charge in [-0.1, -0.05) is 24.3 Å². The van der Waals surface area contributed by atoms with Crippen LogP contribution in [0.25, 0.3) is 0 Å². The Balaban J connectivity index is 1.86. The van der Waals surface area contributed by atoms with Crippen molar-refractivity contribution < 1.29 is 4.94 Å². The number of hydroxylamine groups is 3. The van der Waals surface area contributed by atoms with E-state index < -0.39 is 0 Å². The van der Waals surface area contributed by atoms with Crippen LogP contribution in [0.1, 0.15) is 0 Å². The maximum atomic E-state index is 5.25. The first kappa shape index (κ1) is 9.06. The summed E-state index contributed by atoms with van der Waals surface area (Å²) in [7, 11) is 0. The van der Waals surface area contributed by atoms with Crippen molar-refractivity contribution in [2.75, 3.05) is 5.32 Å². The number of hydrogen-bond donors (Lipinski definition) is 2. The van der Waals surface area contributed by atoms with Crippen LogP contribution < -0.4 is 10.8 Å². The standard InChI is InChI=1S/C12H11N3O/c1-2-6-10(7-3-1)13-12-11-8-4-5-9-15(11)16-14-12/h1-9,13-14H. The fourth-order valence-corrected chi connectivity index (χ4v) is 1.60. The van der Waals surface area contributed by atoms with E-state index in [1.165, 1.54) is 0 Å². The third-order valence-corrected chi connectivity index (χ3v) is 2.37. The Morgan fingerprint density at radius 1 is 1.12 bits per heavy atom. The highest BCUT2D eigenvalue weighted by Crippen LogP contribution is 2.22. The van der Waals surface area contributed by atoms with Crippen molar-refractivity contribution in [3.63, 3.8) is 0 Å². The summed E-state index contributed by atoms with van der Waals surface area (Å²) in [5.74, 6) is 0.840. The number of nitrogens with one attached hydrogen (secondary N) is 2. The fourth-order valence-electron chi connectivity index (χ4n) is 1.60. The Morgan fingerprint density at radius 2 is 2.00 bits per heavy atom. The fraction of sp³-hybridized carbons (Fsp3) is 0. The molecule has 0 atom stereocenters. The molecule has 0 unspecified atom stereocenters. The molecule has 3 rings (SSSR count). The average Bonchev–Trinajstić information content (AvgIpc) is 2.74. The number of benzene rings is 1. The molecule has 0 aliphatic carbocycles. The second kappa shape index (κ2) is 3.75. The van der Waals surface area contributed by atoms with E-state index in [1.54, 1.807) is 5.06 Å². The SMILES string of the molecule is C1=CC2=C(Nc3ccccc3)NON2C=C1. The first-order chi connectivity index (χ1) is 7.93. The quantitative estimate of drug-likeness (QED) is 0.788. The van der Waals surface area contributed by atoms with Gasteiger partial charge in [0.05, 0.1) is 0 Å². The Hall–Kier alpha value is -2.20. The summed E-state index contributed by atoms with van der Waals surface area (Å²) in [6.07, 6.45) is 7.71. The average molecular weight is 213 g/mol. The van der Waals surface area contributed by atoms with Gasteiger partial charge in [0, 0.05) is 11.9 Å². The highest BCUT2D eigenvalue weighted by atomic mass is 16.8. The summed E-state index contributed by atoms with van der Waals surface area (Å²) in [5.41, 5.74) is 4.82. The van der Waals surface area contributed by atoms with Gasteiger partial charge in [0.2, 0.25) is 0 Å². The summed E-state index contributed by atoms with van der Waals surface area (Å²) < 4.78 is 0. The van der Waals surface area contributed by atoms with E-state index in [9.17, 15) is 0 Å². The summed E-state index contributed by atoms with van der Waals surface area (Å²) in [6.45, 7) is 0. The van der Waals surface area contributed by atoms with Crippen molar-refractivity contribution in [2.45, 2.75) is 0 Å². The lowest BCUT2D eigenvalue weighted by Crippen LogP contribution is -2.16. The lowest BCUT2D eigenvalue weighted by Gasteiger charge is -2.12. The van der Waals surface area contributed by atoms with Crippen LogP contribution in [0.5, 0.6) is 0 Å². The predicted molar refractivity (Wildman–Crippen MR) is 61.4 cm³/mol. The maximum Gasteiger partial charge on any atom is 0.156 e. The molecule has 16 heavy (non-hydrogen) atoms. The van der Waals surface area contributed by atoms with Gasteiger partial charge in [0.25, 0.3) is 0 Å². The van der Waals surface area contributed by atoms with Crippen molar-refractivity contribution in [2.24, 2.45) is 0 Å². The zero-order valence-corrected chi connectivity index (χ0v) is 8.55. The van der Waals surface area contributed by atoms with Crippen LogP contribution in [0.3, 0.4) is 0 Å². The summed E-state index contributed by atoms with van der Waals surface area (Å²) in [4.78, 5) is 5.25. The molecular formula is C12H11N3O. The molecule has 0 fully saturated rings. The third-order valence-electron chi connectivity index (χ3n) is 2.37. The summed E-state index contributed by atoms with van der Waals surface area (Å²) in [5, 5.41) is 4.93. The van der Waals surface area contributed by atoms with Gasteiger partial charge < -0.3 is 5.32 Å². The molecular weight excluding hydrogens is 202 g/mol. The van der Waals surface area contributed by atoms with Crippen molar-refractivity contribution in [1.82, 2.24) is 10.5 Å². The Kier molecular flexibility index (Phi) is 2.12. The molecule has 0 bridgehead atoms. The molecule has 0 radical (unpaired) electrons. The third kappa shape index (κ3) is 1.55. The van der Waals surface area contributed by atoms with Crippen LogP contribution in [0.4, 0.5) is 5.69 Å². The molecule has 1 aromatic carbocycles. The zero-order valence-electron chi connectivity index (χ0n) is 8.55. The van der Waals surface area contributed by atoms with Crippen molar-refractivity contribution >= 4 is 5.69 Å². The monoisotopic (exact) mass is 213 g/mol. The van der Waals surface area contributed by atoms with Crippen LogP contribution in [-0.4, -0.2) is 5.06 Å². The minimum Gasteiger partial charge on any atom is -0.338 e. The van der Waals surface area contributed by atoms with Crippen LogP contribution in [-0.2, 0) is 4.94 Å². The summed E-state index contributed by atoms with van der Waals surface area (Å²) >= 11 is 0. The van der Waals surface area contributed by atoms with Crippen molar-refractivity contribution in [3.8, 4) is 0 Å². The molecule has 2 N–H and O–H groups in total. The second-order valence-electron chi connectivity index (χ2n) is 3.47. The van der Waals surface area contributed by atoms with Crippen LogP contribution in [0.15, 0.2) is 66.3 Å². The number of fused-ring (bicyclic) bond motifs is 1. The molecule has 4 nitrogen and oxygen atoms in total. The van der Waals surface area contributed by atoms with Crippen molar-refractivity contribution in [1.29, 1.82) is 0 Å². The number of hydrogen-bond acceptors (Lipinski definition) is 4. The molecule has 0 saturated carbocycles. The molecule has 1 aromatic rings. The van der Waals surface area contributed by atoms with E-state index in [0.29, 0.717) is 0 Å². The van der Waals surface area contributed by atoms with Gasteiger partial charge in [0.15, 0.2) is 5.82 Å². The number of nitrogens with zero attached hydrogens (tertiary/aromatic N) is 1. The van der Waals surface area contributed by atoms with Gasteiger partial charge in [-0.05, 0) is 24.3 Å². The molecule has 4 heteroatoms. The second-order valence-corrected chi connectivity index (χ2v) is 3.47. The lowest BCUT2D eigenvalue weighted by molar-refractivity contribution is -0.114. The Morgan fingerprint density at radius 3 is 2.88 bits per heavy atom. The molecule has 80 valence electrons. The van der Waals surface area contributed by atoms with E-state index in [2.05, 4.69) is 10.8 Å². The van der Waals surface area contributed by atoms with E-state index in [-0.39, 0.29) is 0 Å². The van der Waals surface area contributed by atoms with Crippen LogP contribution >= 0.6 is 0 Å². The van der Waals surface area contributed by atoms with Crippen LogP contribution in [0, 0.1) is 0 Å². The molecule has 0 saturated heterocycles. The topological polar surface area (TPSA) is 36.5 Å². The number of rotatable bonds is 2. The first-order valence-electron chi connectivity index (χ1n) is 5.07. The molecule has 0 spiro atoms. The summed E-state index contributed by atoms with van der Waals surface area (Å²) in [6, 6.07) is 9.95. The van der Waals surface area contributed by atoms with E-state index in [4.69, 9.17) is 4.94 Å². The Labute approximate surface area is 93.4 Å². The minimum atomic E-state index is 0.840. The molecule has 2 aliphatic rings. The van der Waals surface area contributed by atoms with Gasteiger partial charge in [-0.25, -0.2) is 10.5 Å². The number of anilines is 1. The maximum absolute atomic E-state index is 5.25. The highest BCUT2D eigenvalue weighted by molar-refractivity contribution is 5.50. The van der Waals surface area contributed by atoms with E-state index >= 15 is 0 Å². The number of para-hydroxylation sites is 1. The smallest absolute Gasteiger partial charge is 0.156 e. The normalized spacial score (nSPS) is 17.4. The van der Waals surface area contributed by atoms with Gasteiger partial charge in [-0.2, -0.15) is 0 Å². The van der Waals surface area contributed by atoms with Gasteiger partial charge >= 0.3 is 0 Å². The Bertz CT molecular complexity index is 476. The largest absolute Gasteiger partial charge is 0.338 e. The van der Waals surface area contributed by atoms with Crippen molar-refractivity contribution in [3.05, 3.63) is 66.3 Å². The van der Waals surface area contributed by atoms with E-state index in [0.717, 1.165) is 17.2 Å². The highest BCUT2D eigenvalue weighted by Gasteiger charge is 2.21. The van der Waals surface area contributed by atoms with E-state index in [1.807, 2.05) is 54.8 Å². The molecule has 2 heterocycles. The molecule has 0 amide bonds. The molecule has 2 aliphatic heterocycles. The number of allylic oxidation sites excluding steroid dienone is 3. The minimum absolute atomic E-state index is 0.840. The van der Waals surface area contributed by atoms with Gasteiger partial charge in [-0.3, -0.25) is 0 Å². The van der Waals surface area contributed by atoms with Gasteiger partial charge in [0.1, 0.15) is 5.70 Å².